The molecule has 2 aliphatic carbocycles. The van der Waals surface area contributed by atoms with Crippen molar-refractivity contribution in [3.8, 4) is 0 Å². The molecule has 2 nitrogen and oxygen atoms in total. The fourth-order valence-electron chi connectivity index (χ4n) is 2.72. The van der Waals surface area contributed by atoms with E-state index in [2.05, 4.69) is 17.4 Å². The van der Waals surface area contributed by atoms with Crippen molar-refractivity contribution < 1.29 is 5.11 Å². The van der Waals surface area contributed by atoms with Crippen LogP contribution in [0.2, 0.25) is 5.02 Å². The second kappa shape index (κ2) is 4.84. The predicted octanol–water partition coefficient (Wildman–Crippen LogP) is 3.30. The van der Waals surface area contributed by atoms with Gasteiger partial charge in [0.15, 0.2) is 0 Å². The van der Waals surface area contributed by atoms with Crippen LogP contribution in [0, 0.1) is 5.92 Å². The smallest absolute Gasteiger partial charge is 0.0771 e. The number of nitrogens with one attached hydrogen (secondary N) is 1. The Bertz CT molecular complexity index is 409. The van der Waals surface area contributed by atoms with Crippen molar-refractivity contribution in [3.05, 3.63) is 34.9 Å². The highest BCUT2D eigenvalue weighted by atomic mass is 35.5. The van der Waals surface area contributed by atoms with Crippen molar-refractivity contribution >= 4 is 11.6 Å². The van der Waals surface area contributed by atoms with E-state index in [1.807, 2.05) is 12.1 Å². The van der Waals surface area contributed by atoms with Crippen LogP contribution < -0.4 is 5.32 Å². The van der Waals surface area contributed by atoms with Crippen LogP contribution in [0.3, 0.4) is 0 Å². The van der Waals surface area contributed by atoms with Crippen LogP contribution in [0.4, 0.5) is 0 Å². The normalized spacial score (nSPS) is 23.4. The first-order valence-electron chi connectivity index (χ1n) is 6.88. The van der Waals surface area contributed by atoms with Crippen LogP contribution in [0.1, 0.15) is 43.7 Å². The summed E-state index contributed by atoms with van der Waals surface area (Å²) in [7, 11) is 0. The predicted molar refractivity (Wildman–Crippen MR) is 73.7 cm³/mol. The quantitative estimate of drug-likeness (QED) is 0.856. The lowest BCUT2D eigenvalue weighted by Crippen LogP contribution is -2.47. The van der Waals surface area contributed by atoms with Crippen LogP contribution in [-0.4, -0.2) is 17.3 Å². The Morgan fingerprint density at radius 3 is 2.44 bits per heavy atom. The summed E-state index contributed by atoms with van der Waals surface area (Å²) in [5.74, 6) is 0.731. The molecule has 98 valence electrons. The van der Waals surface area contributed by atoms with Gasteiger partial charge in [0.2, 0.25) is 0 Å². The number of halogens is 1. The molecular weight excluding hydrogens is 246 g/mol. The number of benzene rings is 1. The molecule has 1 aromatic carbocycles. The minimum absolute atomic E-state index is 0.381. The summed E-state index contributed by atoms with van der Waals surface area (Å²) >= 11 is 5.93. The van der Waals surface area contributed by atoms with Gasteiger partial charge in [-0.1, -0.05) is 23.7 Å². The van der Waals surface area contributed by atoms with E-state index in [0.29, 0.717) is 6.04 Å². The first kappa shape index (κ1) is 12.5. The molecule has 0 spiro atoms. The lowest BCUT2D eigenvalue weighted by molar-refractivity contribution is -0.0337. The van der Waals surface area contributed by atoms with Crippen molar-refractivity contribution in [2.45, 2.75) is 43.7 Å². The van der Waals surface area contributed by atoms with E-state index in [0.717, 1.165) is 36.7 Å². The number of hydrogen-bond acceptors (Lipinski definition) is 2. The lowest BCUT2D eigenvalue weighted by atomic mass is 9.80. The molecule has 2 aliphatic rings. The zero-order chi connectivity index (χ0) is 12.6. The Hall–Kier alpha value is -0.570. The van der Waals surface area contributed by atoms with Crippen molar-refractivity contribution in [3.63, 3.8) is 0 Å². The van der Waals surface area contributed by atoms with Gasteiger partial charge in [-0.05, 0) is 55.7 Å². The summed E-state index contributed by atoms with van der Waals surface area (Å²) in [4.78, 5) is 0. The lowest BCUT2D eigenvalue weighted by Gasteiger charge is -2.38. The molecule has 1 atom stereocenters. The maximum atomic E-state index is 10.2. The van der Waals surface area contributed by atoms with E-state index < -0.39 is 5.60 Å². The van der Waals surface area contributed by atoms with Crippen LogP contribution >= 0.6 is 11.6 Å². The molecule has 0 aromatic heterocycles. The van der Waals surface area contributed by atoms with Gasteiger partial charge in [-0.15, -0.1) is 0 Å². The van der Waals surface area contributed by atoms with Crippen molar-refractivity contribution in [2.75, 3.05) is 6.54 Å². The van der Waals surface area contributed by atoms with Gasteiger partial charge in [-0.3, -0.25) is 0 Å². The van der Waals surface area contributed by atoms with E-state index in [4.69, 9.17) is 11.6 Å². The molecule has 0 amide bonds. The Morgan fingerprint density at radius 2 is 1.94 bits per heavy atom. The Morgan fingerprint density at radius 1 is 1.28 bits per heavy atom. The molecule has 3 heteroatoms. The number of rotatable bonds is 5. The van der Waals surface area contributed by atoms with Gasteiger partial charge in [-0.2, -0.15) is 0 Å². The summed E-state index contributed by atoms with van der Waals surface area (Å²) in [6.07, 6.45) is 5.63. The average Bonchev–Trinajstić information content (AvgIpc) is 3.14. The van der Waals surface area contributed by atoms with Crippen LogP contribution in [0.25, 0.3) is 0 Å². The number of aliphatic hydroxyl groups is 1. The summed E-state index contributed by atoms with van der Waals surface area (Å²) in [5.41, 5.74) is 0.851. The molecule has 18 heavy (non-hydrogen) atoms. The molecule has 2 fully saturated rings. The topological polar surface area (TPSA) is 32.3 Å². The molecule has 1 aromatic rings. The van der Waals surface area contributed by atoms with Crippen molar-refractivity contribution in [1.82, 2.24) is 5.32 Å². The zero-order valence-electron chi connectivity index (χ0n) is 10.5. The summed E-state index contributed by atoms with van der Waals surface area (Å²) in [5, 5.41) is 14.5. The summed E-state index contributed by atoms with van der Waals surface area (Å²) < 4.78 is 0. The third-order valence-corrected chi connectivity index (χ3v) is 4.51. The second-order valence-corrected chi connectivity index (χ2v) is 6.26. The fraction of sp³-hybridized carbons (Fsp3) is 0.600. The maximum absolute atomic E-state index is 10.2. The first-order chi connectivity index (χ1) is 8.66. The monoisotopic (exact) mass is 265 g/mol. The molecule has 0 bridgehead atoms. The standard InChI is InChI=1S/C15H20ClNO/c16-13-6-4-12(5-7-13)14(11-2-3-11)17-10-15(18)8-1-9-15/h4-7,11,14,17-18H,1-3,8-10H2. The Kier molecular flexibility index (Phi) is 3.35. The van der Waals surface area contributed by atoms with E-state index in [1.165, 1.54) is 18.4 Å². The van der Waals surface area contributed by atoms with Gasteiger partial charge >= 0.3 is 0 Å². The molecule has 2 N–H and O–H groups in total. The van der Waals surface area contributed by atoms with Gasteiger partial charge in [0.05, 0.1) is 5.60 Å². The minimum Gasteiger partial charge on any atom is -0.389 e. The van der Waals surface area contributed by atoms with Crippen molar-refractivity contribution in [2.24, 2.45) is 5.92 Å². The molecular formula is C15H20ClNO. The maximum Gasteiger partial charge on any atom is 0.0771 e. The third-order valence-electron chi connectivity index (χ3n) is 4.26. The Labute approximate surface area is 113 Å². The highest BCUT2D eigenvalue weighted by molar-refractivity contribution is 6.30. The minimum atomic E-state index is -0.445. The molecule has 1 unspecified atom stereocenters. The highest BCUT2D eigenvalue weighted by Crippen LogP contribution is 2.42. The van der Waals surface area contributed by atoms with E-state index in [1.54, 1.807) is 0 Å². The van der Waals surface area contributed by atoms with Gasteiger partial charge < -0.3 is 10.4 Å². The molecule has 0 aliphatic heterocycles. The van der Waals surface area contributed by atoms with Gasteiger partial charge in [-0.25, -0.2) is 0 Å². The van der Waals surface area contributed by atoms with Crippen molar-refractivity contribution in [1.29, 1.82) is 0 Å². The largest absolute Gasteiger partial charge is 0.389 e. The fourth-order valence-corrected chi connectivity index (χ4v) is 2.84. The molecule has 0 heterocycles. The molecule has 2 saturated carbocycles. The molecule has 3 rings (SSSR count). The zero-order valence-corrected chi connectivity index (χ0v) is 11.3. The molecule has 0 saturated heterocycles. The van der Waals surface area contributed by atoms with Crippen LogP contribution in [0.5, 0.6) is 0 Å². The van der Waals surface area contributed by atoms with Crippen LogP contribution in [0.15, 0.2) is 24.3 Å². The van der Waals surface area contributed by atoms with E-state index >= 15 is 0 Å². The van der Waals surface area contributed by atoms with Gasteiger partial charge in [0.1, 0.15) is 0 Å². The van der Waals surface area contributed by atoms with Crippen LogP contribution in [-0.2, 0) is 0 Å². The van der Waals surface area contributed by atoms with E-state index in [9.17, 15) is 5.11 Å². The third kappa shape index (κ3) is 2.71. The molecule has 0 radical (unpaired) electrons. The van der Waals surface area contributed by atoms with Gasteiger partial charge in [0, 0.05) is 17.6 Å². The Balaban J connectivity index is 1.66. The van der Waals surface area contributed by atoms with Gasteiger partial charge in [0.25, 0.3) is 0 Å². The summed E-state index contributed by atoms with van der Waals surface area (Å²) in [6.45, 7) is 0.719. The summed E-state index contributed by atoms with van der Waals surface area (Å²) in [6, 6.07) is 8.48. The first-order valence-corrected chi connectivity index (χ1v) is 7.25. The SMILES string of the molecule is OC1(CNC(c2ccc(Cl)cc2)C2CC2)CCC1. The highest BCUT2D eigenvalue weighted by Gasteiger charge is 2.37. The second-order valence-electron chi connectivity index (χ2n) is 5.83. The van der Waals surface area contributed by atoms with E-state index in [-0.39, 0.29) is 0 Å². The number of hydrogen-bond donors (Lipinski definition) is 2. The average molecular weight is 266 g/mol.